The quantitative estimate of drug-likeness (QED) is 0.151. The Morgan fingerprint density at radius 3 is 2.19 bits per heavy atom. The monoisotopic (exact) mass is 837 g/mol. The van der Waals surface area contributed by atoms with Crippen LogP contribution in [0, 0.1) is 16.7 Å². The van der Waals surface area contributed by atoms with Crippen LogP contribution in [0.1, 0.15) is 91.9 Å². The summed E-state index contributed by atoms with van der Waals surface area (Å²) in [5.41, 5.74) is -9.53. The van der Waals surface area contributed by atoms with Gasteiger partial charge in [0.1, 0.15) is 35.6 Å². The first-order valence-electron chi connectivity index (χ1n) is 19.4. The molecule has 16 nitrogen and oxygen atoms in total. The van der Waals surface area contributed by atoms with Crippen LogP contribution >= 0.6 is 0 Å². The summed E-state index contributed by atoms with van der Waals surface area (Å²) < 4.78 is 63.2. The molecule has 1 heterocycles. The number of Topliss-reactive ketones (excluding diaryl/α,β-unsaturated/α-hetero) is 1. The number of nitrogens with one attached hydrogen (secondary N) is 1. The Kier molecular flexibility index (Phi) is 12.5. The number of hydrogen-bond donors (Lipinski definition) is 4. The summed E-state index contributed by atoms with van der Waals surface area (Å²) in [5.74, 6) is -7.01. The van der Waals surface area contributed by atoms with Crippen molar-refractivity contribution in [3.05, 3.63) is 47.0 Å². The third kappa shape index (κ3) is 7.95. The highest BCUT2D eigenvalue weighted by Crippen LogP contribution is 2.64. The van der Waals surface area contributed by atoms with Crippen molar-refractivity contribution in [2.45, 2.75) is 147 Å². The zero-order chi connectivity index (χ0) is 44.2. The summed E-state index contributed by atoms with van der Waals surface area (Å²) in [6, 6.07) is 5.03. The number of carbonyl (C=O) groups is 6. The van der Waals surface area contributed by atoms with Crippen LogP contribution in [0.4, 0.5) is 13.6 Å². The Morgan fingerprint density at radius 1 is 1.03 bits per heavy atom. The number of esters is 4. The van der Waals surface area contributed by atoms with E-state index in [1.165, 1.54) is 67.5 Å². The molecule has 4 aliphatic rings. The van der Waals surface area contributed by atoms with Gasteiger partial charge < -0.3 is 49.1 Å². The smallest absolute Gasteiger partial charge is 0.408 e. The first-order chi connectivity index (χ1) is 27.3. The minimum Gasteiger partial charge on any atom is -0.456 e. The van der Waals surface area contributed by atoms with Crippen LogP contribution in [0.2, 0.25) is 0 Å². The summed E-state index contributed by atoms with van der Waals surface area (Å²) in [6.07, 6.45) is -17.1. The first-order valence-corrected chi connectivity index (χ1v) is 19.4. The summed E-state index contributed by atoms with van der Waals surface area (Å²) in [4.78, 5) is 81.7. The fourth-order valence-electron chi connectivity index (χ4n) is 9.15. The van der Waals surface area contributed by atoms with E-state index in [1.807, 2.05) is 0 Å². The molecule has 1 aromatic rings. The lowest BCUT2D eigenvalue weighted by Gasteiger charge is -2.67. The summed E-state index contributed by atoms with van der Waals surface area (Å²) >= 11 is 0. The predicted octanol–water partition coefficient (Wildman–Crippen LogP) is 3.11. The highest BCUT2D eigenvalue weighted by molar-refractivity contribution is 5.95. The maximum absolute atomic E-state index is 15.4. The number of benzene rings is 1. The van der Waals surface area contributed by atoms with Crippen molar-refractivity contribution < 1.29 is 81.3 Å². The molecule has 0 aromatic heterocycles. The van der Waals surface area contributed by atoms with Gasteiger partial charge in [0.2, 0.25) is 0 Å². The number of ketones is 1. The molecule has 18 heteroatoms. The number of fused-ring (bicyclic) bond motifs is 5. The van der Waals surface area contributed by atoms with E-state index in [0.29, 0.717) is 0 Å². The van der Waals surface area contributed by atoms with Crippen LogP contribution in [0.3, 0.4) is 0 Å². The molecule has 0 unspecified atom stereocenters. The molecule has 3 aliphatic carbocycles. The molecule has 1 amide bonds. The van der Waals surface area contributed by atoms with Crippen molar-refractivity contribution in [3.63, 3.8) is 0 Å². The van der Waals surface area contributed by atoms with Gasteiger partial charge in [0.25, 0.3) is 6.43 Å². The molecule has 0 spiro atoms. The highest BCUT2D eigenvalue weighted by atomic mass is 19.3. The molecule has 59 heavy (non-hydrogen) atoms. The van der Waals surface area contributed by atoms with Gasteiger partial charge in [-0.1, -0.05) is 39.0 Å². The Balaban J connectivity index is 1.74. The van der Waals surface area contributed by atoms with E-state index in [1.54, 1.807) is 23.5 Å². The molecule has 11 atom stereocenters. The lowest BCUT2D eigenvalue weighted by molar-refractivity contribution is -0.346. The van der Waals surface area contributed by atoms with Crippen LogP contribution in [0.5, 0.6) is 0 Å². The van der Waals surface area contributed by atoms with E-state index in [0.717, 1.165) is 6.92 Å². The molecular weight excluding hydrogens is 784 g/mol. The van der Waals surface area contributed by atoms with Crippen LogP contribution in [-0.2, 0) is 47.6 Å². The van der Waals surface area contributed by atoms with Crippen LogP contribution in [0.25, 0.3) is 0 Å². The van der Waals surface area contributed by atoms with E-state index in [4.69, 9.17) is 28.4 Å². The number of ether oxygens (including phenoxy) is 6. The number of carbonyl (C=O) groups excluding carboxylic acids is 6. The van der Waals surface area contributed by atoms with Gasteiger partial charge in [-0.15, -0.1) is 0 Å². The Morgan fingerprint density at radius 2 is 1.66 bits per heavy atom. The molecule has 1 aromatic carbocycles. The van der Waals surface area contributed by atoms with Gasteiger partial charge >= 0.3 is 30.0 Å². The van der Waals surface area contributed by atoms with Crippen molar-refractivity contribution in [2.24, 2.45) is 16.7 Å². The molecule has 4 N–H and O–H groups in total. The SMILES string of the molecule is CCC(=O)O[C@H]1C(=O)[C@@]2(C)[C@H]([C@H](OC(=O)c3ccccc3)[C@]3(O)C[C@H](OC(=O)[C@H](O)[C@@H](NC(=O)OC(C)(C)C)C(F)F)C(C)=C1C3(C)C)[C@]1(OC(C)=O)CO[C@@H]1C[C@@H]2O. The van der Waals surface area contributed by atoms with E-state index in [2.05, 4.69) is 0 Å². The van der Waals surface area contributed by atoms with Gasteiger partial charge in [0.05, 0.1) is 29.6 Å². The molecule has 5 rings (SSSR count). The zero-order valence-corrected chi connectivity index (χ0v) is 34.4. The van der Waals surface area contributed by atoms with Gasteiger partial charge in [0, 0.05) is 31.6 Å². The molecule has 0 radical (unpaired) electrons. The Labute approximate surface area is 339 Å². The average Bonchev–Trinajstić information content (AvgIpc) is 3.13. The Hall–Kier alpha value is -4.52. The normalized spacial score (nSPS) is 33.4. The van der Waals surface area contributed by atoms with Gasteiger partial charge in [-0.05, 0) is 57.9 Å². The fraction of sp³-hybridized carbons (Fsp3) is 0.659. The third-order valence-electron chi connectivity index (χ3n) is 12.2. The van der Waals surface area contributed by atoms with Crippen LogP contribution < -0.4 is 5.32 Å². The number of alkyl halides is 2. The van der Waals surface area contributed by atoms with Crippen molar-refractivity contribution >= 4 is 35.8 Å². The van der Waals surface area contributed by atoms with Crippen molar-refractivity contribution in [2.75, 3.05) is 6.61 Å². The second-order valence-corrected chi connectivity index (χ2v) is 17.4. The fourth-order valence-corrected chi connectivity index (χ4v) is 9.15. The Bertz CT molecular complexity index is 1880. The molecule has 1 saturated heterocycles. The van der Waals surface area contributed by atoms with Gasteiger partial charge in [-0.2, -0.15) is 0 Å². The van der Waals surface area contributed by atoms with E-state index >= 15 is 4.79 Å². The standard InChI is InChI=1S/C41H53F2NO15/c1-10-25(47)56-29-26-19(2)22(55-35(51)28(48)27(33(42)43)44-36(52)59-37(4,5)6)17-41(53,38(26,7)8)32(57-34(50)21-14-12-11-13-15-21)30-39(9,31(29)49)23(46)16-24-40(30,18-54-24)58-20(3)45/h11-15,22-24,27-30,32-33,46,48,53H,10,16-18H2,1-9H3,(H,44,52)/t22-,23-,24+,27+,28+,29+,30-,32-,39+,40-,41+/m0/s1. The van der Waals surface area contributed by atoms with Gasteiger partial charge in [-0.3, -0.25) is 14.4 Å². The molecule has 1 aliphatic heterocycles. The van der Waals surface area contributed by atoms with Crippen molar-refractivity contribution in [3.8, 4) is 0 Å². The van der Waals surface area contributed by atoms with Gasteiger partial charge in [0.15, 0.2) is 23.6 Å². The maximum atomic E-state index is 15.4. The van der Waals surface area contributed by atoms with E-state index < -0.39 is 125 Å². The predicted molar refractivity (Wildman–Crippen MR) is 198 cm³/mol. The van der Waals surface area contributed by atoms with Crippen molar-refractivity contribution in [1.82, 2.24) is 5.32 Å². The number of halogens is 2. The number of amides is 1. The molecule has 3 fully saturated rings. The molecule has 2 saturated carbocycles. The molecule has 326 valence electrons. The third-order valence-corrected chi connectivity index (χ3v) is 12.2. The summed E-state index contributed by atoms with van der Waals surface area (Å²) in [7, 11) is 0. The lowest BCUT2D eigenvalue weighted by Crippen LogP contribution is -2.82. The summed E-state index contributed by atoms with van der Waals surface area (Å²) in [5, 5.41) is 38.2. The number of rotatable bonds is 10. The minimum atomic E-state index is -3.52. The lowest BCUT2D eigenvalue weighted by atomic mass is 9.44. The first kappa shape index (κ1) is 45.6. The number of aliphatic hydroxyl groups excluding tert-OH is 2. The maximum Gasteiger partial charge on any atom is 0.408 e. The van der Waals surface area contributed by atoms with E-state index in [9.17, 15) is 48.1 Å². The number of hydrogen-bond acceptors (Lipinski definition) is 15. The van der Waals surface area contributed by atoms with Crippen molar-refractivity contribution in [1.29, 1.82) is 0 Å². The molecular formula is C41H53F2NO15. The van der Waals surface area contributed by atoms with E-state index in [-0.39, 0.29) is 36.2 Å². The number of alkyl carbamates (subject to hydrolysis) is 1. The topological polar surface area (TPSA) is 231 Å². The number of aliphatic hydroxyl groups is 3. The molecule has 2 bridgehead atoms. The summed E-state index contributed by atoms with van der Waals surface area (Å²) in [6.45, 7) is 12.2. The van der Waals surface area contributed by atoms with Crippen LogP contribution in [0.15, 0.2) is 41.5 Å². The second-order valence-electron chi connectivity index (χ2n) is 17.4. The minimum absolute atomic E-state index is 0.00225. The zero-order valence-electron chi connectivity index (χ0n) is 34.4. The highest BCUT2D eigenvalue weighted by Gasteiger charge is 2.78. The van der Waals surface area contributed by atoms with Crippen LogP contribution in [-0.4, -0.2) is 124 Å². The second kappa shape index (κ2) is 16.2. The largest absolute Gasteiger partial charge is 0.456 e. The average molecular weight is 838 g/mol. The van der Waals surface area contributed by atoms with Gasteiger partial charge in [-0.25, -0.2) is 23.2 Å².